The summed E-state index contributed by atoms with van der Waals surface area (Å²) in [6.45, 7) is 3.92. The van der Waals surface area contributed by atoms with E-state index in [1.807, 2.05) is 77.7 Å². The Hall–Kier alpha value is -4.32. The first-order valence-corrected chi connectivity index (χ1v) is 19.4. The fraction of sp³-hybridized carbons (Fsp3) is 0.413. The van der Waals surface area contributed by atoms with Crippen molar-refractivity contribution in [3.63, 3.8) is 0 Å². The lowest BCUT2D eigenvalue weighted by molar-refractivity contribution is -0.274. The van der Waals surface area contributed by atoms with Gasteiger partial charge in [-0.1, -0.05) is 97.4 Å². The van der Waals surface area contributed by atoms with Gasteiger partial charge in [-0.15, -0.1) is 13.2 Å². The van der Waals surface area contributed by atoms with Gasteiger partial charge < -0.3 is 25.2 Å². The standard InChI is InChI=1S/C46H52F3NO6/c1-31-9-8-23-44(2)42(22-24-45(44,55)30-50(28-36(53)29-51)27-32-15-19-37(20-16-32)56-46(47,48)49)39-21-17-33(25-35(52)18-14-31)26-41(39)43(54)40-13-7-6-12-38(40)34-10-4-3-5-11-34/h3-7,9-13,15-17,19-21,26,35-36,42,51-53,55H,8,14,18,22-25,27-30H2,1-2H3/t35-,36-,42-,44-,45+/m0/s1. The van der Waals surface area contributed by atoms with E-state index in [1.54, 1.807) is 0 Å². The van der Waals surface area contributed by atoms with Gasteiger partial charge in [-0.2, -0.15) is 0 Å². The van der Waals surface area contributed by atoms with Crippen LogP contribution in [0.2, 0.25) is 0 Å². The summed E-state index contributed by atoms with van der Waals surface area (Å²) in [5.41, 5.74) is 4.18. The first-order valence-electron chi connectivity index (χ1n) is 19.4. The molecule has 1 saturated carbocycles. The number of aliphatic hydroxyl groups is 4. The van der Waals surface area contributed by atoms with Crippen LogP contribution < -0.4 is 4.74 Å². The summed E-state index contributed by atoms with van der Waals surface area (Å²) < 4.78 is 42.6. The number of alkyl halides is 3. The lowest BCUT2D eigenvalue weighted by Crippen LogP contribution is -2.53. The third-order valence-electron chi connectivity index (χ3n) is 11.9. The van der Waals surface area contributed by atoms with E-state index in [2.05, 4.69) is 24.7 Å². The van der Waals surface area contributed by atoms with Gasteiger partial charge >= 0.3 is 6.36 Å². The number of nitrogens with zero attached hydrogens (tertiary/aromatic N) is 1. The van der Waals surface area contributed by atoms with Crippen molar-refractivity contribution < 1.29 is 43.1 Å². The molecule has 4 aromatic rings. The Morgan fingerprint density at radius 1 is 0.946 bits per heavy atom. The highest BCUT2D eigenvalue weighted by Crippen LogP contribution is 2.59. The maximum absolute atomic E-state index is 14.9. The summed E-state index contributed by atoms with van der Waals surface area (Å²) in [5.74, 6) is -0.746. The predicted molar refractivity (Wildman–Crippen MR) is 210 cm³/mol. The lowest BCUT2D eigenvalue weighted by atomic mass is 9.64. The van der Waals surface area contributed by atoms with Crippen LogP contribution in [-0.4, -0.2) is 75.0 Å². The molecule has 2 bridgehead atoms. The van der Waals surface area contributed by atoms with Gasteiger partial charge in [0.15, 0.2) is 5.78 Å². The fourth-order valence-electron chi connectivity index (χ4n) is 8.86. The van der Waals surface area contributed by atoms with Crippen molar-refractivity contribution in [3.8, 4) is 16.9 Å². The molecule has 298 valence electrons. The Balaban J connectivity index is 1.41. The number of hydrogen-bond acceptors (Lipinski definition) is 7. The molecule has 3 aliphatic rings. The van der Waals surface area contributed by atoms with Gasteiger partial charge in [-0.25, -0.2) is 0 Å². The predicted octanol–water partition coefficient (Wildman–Crippen LogP) is 8.38. The molecule has 10 heteroatoms. The van der Waals surface area contributed by atoms with E-state index >= 15 is 0 Å². The van der Waals surface area contributed by atoms with Crippen LogP contribution in [0, 0.1) is 5.41 Å². The summed E-state index contributed by atoms with van der Waals surface area (Å²) in [6.07, 6.45) is -0.517. The first kappa shape index (κ1) is 41.3. The Labute approximate surface area is 327 Å². The molecule has 4 aromatic carbocycles. The smallest absolute Gasteiger partial charge is 0.406 e. The van der Waals surface area contributed by atoms with Gasteiger partial charge in [0.25, 0.3) is 0 Å². The number of allylic oxidation sites excluding steroid dienone is 2. The molecule has 7 rings (SSSR count). The van der Waals surface area contributed by atoms with E-state index in [0.29, 0.717) is 61.6 Å². The van der Waals surface area contributed by atoms with E-state index in [1.165, 1.54) is 24.3 Å². The minimum absolute atomic E-state index is 0.0103. The van der Waals surface area contributed by atoms with Crippen molar-refractivity contribution in [2.45, 2.75) is 95.4 Å². The van der Waals surface area contributed by atoms with Crippen molar-refractivity contribution in [2.24, 2.45) is 5.41 Å². The zero-order valence-electron chi connectivity index (χ0n) is 32.0. The highest BCUT2D eigenvalue weighted by molar-refractivity contribution is 6.13. The second kappa shape index (κ2) is 17.4. The first-order chi connectivity index (χ1) is 26.7. The number of carbonyl (C=O) groups is 1. The minimum Gasteiger partial charge on any atom is -0.406 e. The summed E-state index contributed by atoms with van der Waals surface area (Å²) >= 11 is 0. The van der Waals surface area contributed by atoms with Gasteiger partial charge in [0.1, 0.15) is 5.75 Å². The number of hydrogen-bond donors (Lipinski definition) is 4. The highest BCUT2D eigenvalue weighted by Gasteiger charge is 2.57. The van der Waals surface area contributed by atoms with Crippen molar-refractivity contribution in [3.05, 3.63) is 137 Å². The third-order valence-corrected chi connectivity index (χ3v) is 11.9. The zero-order chi connectivity index (χ0) is 40.1. The van der Waals surface area contributed by atoms with E-state index < -0.39 is 36.2 Å². The van der Waals surface area contributed by atoms with Gasteiger partial charge in [-0.05, 0) is 104 Å². The fourth-order valence-corrected chi connectivity index (χ4v) is 8.86. The van der Waals surface area contributed by atoms with Crippen LogP contribution in [0.4, 0.5) is 13.2 Å². The Kier molecular flexibility index (Phi) is 12.9. The minimum atomic E-state index is -4.83. The molecular weight excluding hydrogens is 720 g/mol. The average molecular weight is 772 g/mol. The molecule has 0 aliphatic heterocycles. The summed E-state index contributed by atoms with van der Waals surface area (Å²) in [4.78, 5) is 16.8. The highest BCUT2D eigenvalue weighted by atomic mass is 19.4. The summed E-state index contributed by atoms with van der Waals surface area (Å²) in [5, 5.41) is 44.5. The molecule has 0 aromatic heterocycles. The molecule has 0 saturated heterocycles. The second-order valence-electron chi connectivity index (χ2n) is 15.9. The number of benzene rings is 4. The summed E-state index contributed by atoms with van der Waals surface area (Å²) in [7, 11) is 0. The molecule has 3 aliphatic carbocycles. The Morgan fingerprint density at radius 2 is 1.66 bits per heavy atom. The molecule has 0 amide bonds. The molecule has 5 atom stereocenters. The Bertz CT molecular complexity index is 1980. The van der Waals surface area contributed by atoms with Crippen LogP contribution in [-0.2, 0) is 13.0 Å². The van der Waals surface area contributed by atoms with E-state index in [0.717, 1.165) is 27.8 Å². The lowest BCUT2D eigenvalue weighted by Gasteiger charge is -2.46. The number of aliphatic hydroxyl groups excluding tert-OH is 3. The molecule has 1 fully saturated rings. The van der Waals surface area contributed by atoms with Crippen molar-refractivity contribution >= 4 is 5.78 Å². The van der Waals surface area contributed by atoms with Crippen LogP contribution in [0.25, 0.3) is 11.1 Å². The largest absolute Gasteiger partial charge is 0.573 e. The number of ether oxygens (including phenoxy) is 1. The van der Waals surface area contributed by atoms with Crippen molar-refractivity contribution in [1.82, 2.24) is 4.90 Å². The number of halogens is 3. The second-order valence-corrected chi connectivity index (χ2v) is 15.9. The molecule has 0 heterocycles. The Morgan fingerprint density at radius 3 is 2.38 bits per heavy atom. The van der Waals surface area contributed by atoms with Gasteiger partial charge in [-0.3, -0.25) is 9.69 Å². The molecule has 0 spiro atoms. The van der Waals surface area contributed by atoms with E-state index in [4.69, 9.17) is 0 Å². The average Bonchev–Trinajstić information content (AvgIpc) is 3.42. The van der Waals surface area contributed by atoms with Crippen molar-refractivity contribution in [1.29, 1.82) is 0 Å². The van der Waals surface area contributed by atoms with Crippen LogP contribution in [0.1, 0.15) is 90.9 Å². The van der Waals surface area contributed by atoms with Gasteiger partial charge in [0.05, 0.1) is 24.4 Å². The molecule has 7 nitrogen and oxygen atoms in total. The monoisotopic (exact) mass is 771 g/mol. The number of ketones is 1. The SMILES string of the molecule is CC1=CCC[C@@]2(C)[C@@H](CC[C@@]2(O)CN(Cc2ccc(OC(F)(F)F)cc2)C[C@H](O)CO)c2ccc(cc2C(=O)c2ccccc2-c2ccccc2)C[C@@H](O)CC1. The number of rotatable bonds is 11. The van der Waals surface area contributed by atoms with Crippen LogP contribution in [0.3, 0.4) is 0 Å². The van der Waals surface area contributed by atoms with Crippen LogP contribution in [0.5, 0.6) is 5.75 Å². The number of fused-ring (bicyclic) bond motifs is 8. The molecule has 0 radical (unpaired) electrons. The summed E-state index contributed by atoms with van der Waals surface area (Å²) in [6, 6.07) is 28.7. The molecule has 0 unspecified atom stereocenters. The van der Waals surface area contributed by atoms with Crippen molar-refractivity contribution in [2.75, 3.05) is 19.7 Å². The quantitative estimate of drug-likeness (QED) is 0.0897. The maximum Gasteiger partial charge on any atom is 0.573 e. The molecule has 56 heavy (non-hydrogen) atoms. The normalized spacial score (nSPS) is 23.6. The van der Waals surface area contributed by atoms with Crippen LogP contribution in [0.15, 0.2) is 109 Å². The molecular formula is C46H52F3NO6. The van der Waals surface area contributed by atoms with Crippen LogP contribution >= 0.6 is 0 Å². The zero-order valence-corrected chi connectivity index (χ0v) is 32.0. The van der Waals surface area contributed by atoms with Gasteiger partial charge in [0, 0.05) is 36.2 Å². The van der Waals surface area contributed by atoms with Gasteiger partial charge in [0.2, 0.25) is 0 Å². The maximum atomic E-state index is 14.9. The molecule has 4 N–H and O–H groups in total. The van der Waals surface area contributed by atoms with E-state index in [-0.39, 0.29) is 37.1 Å². The third kappa shape index (κ3) is 9.61. The number of carbonyl (C=O) groups excluding carboxylic acids is 1. The topological polar surface area (TPSA) is 110 Å². The van der Waals surface area contributed by atoms with E-state index in [9.17, 15) is 38.4 Å².